The number of alkyl halides is 2. The van der Waals surface area contributed by atoms with E-state index >= 15 is 0 Å². The third-order valence-electron chi connectivity index (χ3n) is 3.07. The van der Waals surface area contributed by atoms with E-state index in [0.29, 0.717) is 5.69 Å². The van der Waals surface area contributed by atoms with Gasteiger partial charge in [-0.15, -0.1) is 8.78 Å². The molecule has 1 N–H and O–H groups in total. The number of nitrogens with zero attached hydrogens (tertiary/aromatic N) is 1. The average molecular weight is 307 g/mol. The Labute approximate surface area is 125 Å². The zero-order chi connectivity index (χ0) is 15.7. The van der Waals surface area contributed by atoms with Crippen LogP contribution in [0.3, 0.4) is 0 Å². The number of hydrogen-bond donors (Lipinski definition) is 1. The molecular weight excluding hydrogens is 294 g/mol. The third-order valence-corrected chi connectivity index (χ3v) is 3.07. The number of fused-ring (bicyclic) bond motifs is 1. The van der Waals surface area contributed by atoms with E-state index in [1.54, 1.807) is 17.0 Å². The van der Waals surface area contributed by atoms with Crippen LogP contribution in [0.4, 0.5) is 14.5 Å². The van der Waals surface area contributed by atoms with Crippen LogP contribution in [0.15, 0.2) is 42.7 Å². The Morgan fingerprint density at radius 2 is 1.86 bits per heavy atom. The van der Waals surface area contributed by atoms with Crippen molar-refractivity contribution in [2.75, 3.05) is 5.32 Å². The van der Waals surface area contributed by atoms with Crippen molar-refractivity contribution in [3.8, 4) is 11.5 Å². The molecule has 7 heteroatoms. The Balaban J connectivity index is 1.66. The van der Waals surface area contributed by atoms with Crippen LogP contribution >= 0.6 is 0 Å². The van der Waals surface area contributed by atoms with E-state index in [1.807, 2.05) is 19.1 Å². The second-order valence-corrected chi connectivity index (χ2v) is 4.93. The number of carbonyl (C=O) groups is 1. The van der Waals surface area contributed by atoms with E-state index in [1.165, 1.54) is 18.2 Å². The van der Waals surface area contributed by atoms with Gasteiger partial charge in [0, 0.05) is 23.9 Å². The van der Waals surface area contributed by atoms with Crippen molar-refractivity contribution in [3.05, 3.63) is 48.3 Å². The molecule has 2 aromatic rings. The van der Waals surface area contributed by atoms with Gasteiger partial charge in [0.1, 0.15) is 0 Å². The Bertz CT molecular complexity index is 717. The topological polar surface area (TPSA) is 51.4 Å². The minimum absolute atomic E-state index is 0.0593. The van der Waals surface area contributed by atoms with Crippen molar-refractivity contribution < 1.29 is 27.6 Å². The molecule has 0 saturated heterocycles. The lowest BCUT2D eigenvalue weighted by Crippen LogP contribution is -2.39. The van der Waals surface area contributed by atoms with Gasteiger partial charge in [-0.25, -0.2) is 0 Å². The van der Waals surface area contributed by atoms with Crippen molar-refractivity contribution in [2.45, 2.75) is 19.8 Å². The molecule has 0 aliphatic carbocycles. The molecule has 1 aromatic carbocycles. The smallest absolute Gasteiger partial charge is 0.395 e. The highest BCUT2D eigenvalue weighted by atomic mass is 19.3. The van der Waals surface area contributed by atoms with Crippen LogP contribution in [-0.2, 0) is 11.3 Å². The van der Waals surface area contributed by atoms with Gasteiger partial charge in [0.05, 0.1) is 0 Å². The quantitative estimate of drug-likeness (QED) is 0.885. The van der Waals surface area contributed by atoms with E-state index in [2.05, 4.69) is 14.8 Å². The van der Waals surface area contributed by atoms with E-state index < -0.39 is 6.29 Å². The molecule has 1 amide bonds. The lowest BCUT2D eigenvalue weighted by molar-refractivity contribution is -0.684. The van der Waals surface area contributed by atoms with Gasteiger partial charge in [0.2, 0.25) is 6.54 Å². The van der Waals surface area contributed by atoms with Gasteiger partial charge < -0.3 is 14.8 Å². The molecule has 0 radical (unpaired) electrons. The standard InChI is InChI=1S/C15H12F2N2O3/c1-10-4-6-19(7-5-10)9-14(20)18-11-2-3-12-13(8-11)22-15(16,17)21-12/h2-8H,9H2,1H3/p+1. The van der Waals surface area contributed by atoms with E-state index in [4.69, 9.17) is 0 Å². The van der Waals surface area contributed by atoms with Gasteiger partial charge in [-0.3, -0.25) is 4.79 Å². The number of benzene rings is 1. The fourth-order valence-corrected chi connectivity index (χ4v) is 2.03. The maximum Gasteiger partial charge on any atom is 0.586 e. The predicted molar refractivity (Wildman–Crippen MR) is 72.6 cm³/mol. The minimum atomic E-state index is -3.66. The van der Waals surface area contributed by atoms with Gasteiger partial charge in [-0.1, -0.05) is 0 Å². The second-order valence-electron chi connectivity index (χ2n) is 4.93. The van der Waals surface area contributed by atoms with Crippen LogP contribution in [-0.4, -0.2) is 12.2 Å². The zero-order valence-electron chi connectivity index (χ0n) is 11.7. The van der Waals surface area contributed by atoms with Crippen LogP contribution in [0.2, 0.25) is 0 Å². The second kappa shape index (κ2) is 5.25. The normalized spacial score (nSPS) is 14.7. The highest BCUT2D eigenvalue weighted by Crippen LogP contribution is 2.42. The highest BCUT2D eigenvalue weighted by molar-refractivity contribution is 5.90. The molecule has 0 saturated carbocycles. The first-order valence-corrected chi connectivity index (χ1v) is 6.57. The molecule has 114 valence electrons. The van der Waals surface area contributed by atoms with Gasteiger partial charge in [0.15, 0.2) is 23.9 Å². The van der Waals surface area contributed by atoms with Crippen molar-refractivity contribution in [1.29, 1.82) is 0 Å². The number of aryl methyl sites for hydroxylation is 1. The van der Waals surface area contributed by atoms with Crippen molar-refractivity contribution in [1.82, 2.24) is 0 Å². The van der Waals surface area contributed by atoms with Crippen LogP contribution < -0.4 is 19.4 Å². The number of ether oxygens (including phenoxy) is 2. The summed E-state index contributed by atoms with van der Waals surface area (Å²) in [6.45, 7) is 2.07. The van der Waals surface area contributed by atoms with Crippen LogP contribution in [0.5, 0.6) is 11.5 Å². The molecule has 0 spiro atoms. The van der Waals surface area contributed by atoms with Crippen molar-refractivity contribution in [2.24, 2.45) is 0 Å². The molecule has 1 aliphatic heterocycles. The van der Waals surface area contributed by atoms with Gasteiger partial charge in [-0.05, 0) is 24.6 Å². The number of aromatic nitrogens is 1. The number of anilines is 1. The SMILES string of the molecule is Cc1cc[n+](CC(=O)Nc2ccc3c(c2)OC(F)(F)O3)cc1. The number of pyridine rings is 1. The zero-order valence-corrected chi connectivity index (χ0v) is 11.7. The lowest BCUT2D eigenvalue weighted by Gasteiger charge is -2.05. The van der Waals surface area contributed by atoms with Gasteiger partial charge >= 0.3 is 6.29 Å². The summed E-state index contributed by atoms with van der Waals surface area (Å²) in [6, 6.07) is 7.87. The van der Waals surface area contributed by atoms with Gasteiger partial charge in [-0.2, -0.15) is 4.57 Å². The monoisotopic (exact) mass is 307 g/mol. The average Bonchev–Trinajstić information content (AvgIpc) is 2.74. The minimum Gasteiger partial charge on any atom is -0.395 e. The summed E-state index contributed by atoms with van der Waals surface area (Å²) in [5, 5.41) is 2.62. The fourth-order valence-electron chi connectivity index (χ4n) is 2.03. The summed E-state index contributed by atoms with van der Waals surface area (Å²) >= 11 is 0. The summed E-state index contributed by atoms with van der Waals surface area (Å²) in [5.74, 6) is -0.443. The van der Waals surface area contributed by atoms with Crippen LogP contribution in [0.1, 0.15) is 5.56 Å². The molecule has 0 fully saturated rings. The maximum atomic E-state index is 12.9. The first kappa shape index (κ1) is 14.2. The summed E-state index contributed by atoms with van der Waals surface area (Å²) in [6.07, 6.45) is -0.0903. The number of hydrogen-bond acceptors (Lipinski definition) is 3. The molecule has 5 nitrogen and oxygen atoms in total. The Morgan fingerprint density at radius 3 is 2.59 bits per heavy atom. The van der Waals surface area contributed by atoms with E-state index in [9.17, 15) is 13.6 Å². The van der Waals surface area contributed by atoms with E-state index in [-0.39, 0.29) is 24.0 Å². The van der Waals surface area contributed by atoms with Crippen molar-refractivity contribution >= 4 is 11.6 Å². The maximum absolute atomic E-state index is 12.9. The van der Waals surface area contributed by atoms with Crippen LogP contribution in [0, 0.1) is 6.92 Å². The molecule has 0 bridgehead atoms. The van der Waals surface area contributed by atoms with E-state index in [0.717, 1.165) is 5.56 Å². The molecule has 1 aromatic heterocycles. The van der Waals surface area contributed by atoms with Gasteiger partial charge in [0.25, 0.3) is 5.91 Å². The summed E-state index contributed by atoms with van der Waals surface area (Å²) < 4.78 is 36.2. The molecule has 3 rings (SSSR count). The summed E-state index contributed by atoms with van der Waals surface area (Å²) in [4.78, 5) is 11.9. The lowest BCUT2D eigenvalue weighted by atomic mass is 10.2. The Morgan fingerprint density at radius 1 is 1.18 bits per heavy atom. The molecule has 22 heavy (non-hydrogen) atoms. The first-order chi connectivity index (χ1) is 10.4. The molecule has 1 aliphatic rings. The fraction of sp³-hybridized carbons (Fsp3) is 0.200. The summed E-state index contributed by atoms with van der Waals surface area (Å²) in [7, 11) is 0. The largest absolute Gasteiger partial charge is 0.586 e. The Hall–Kier alpha value is -2.70. The Kier molecular flexibility index (Phi) is 3.40. The third kappa shape index (κ3) is 3.13. The molecular formula is C15H13F2N2O3+. The first-order valence-electron chi connectivity index (χ1n) is 6.57. The molecule has 0 unspecified atom stereocenters. The summed E-state index contributed by atoms with van der Waals surface area (Å²) in [5.41, 5.74) is 1.45. The number of amides is 1. The number of rotatable bonds is 3. The van der Waals surface area contributed by atoms with Crippen molar-refractivity contribution in [3.63, 3.8) is 0 Å². The predicted octanol–water partition coefficient (Wildman–Crippen LogP) is 2.24. The number of halogens is 2. The van der Waals surface area contributed by atoms with Crippen LogP contribution in [0.25, 0.3) is 0 Å². The highest BCUT2D eigenvalue weighted by Gasteiger charge is 2.43. The number of carbonyl (C=O) groups excluding carboxylic acids is 1. The molecule has 0 atom stereocenters. The number of nitrogens with one attached hydrogen (secondary N) is 1. The molecule has 2 heterocycles.